The molecule has 0 radical (unpaired) electrons. The van der Waals surface area contributed by atoms with E-state index >= 15 is 0 Å². The fourth-order valence-electron chi connectivity index (χ4n) is 0.547. The van der Waals surface area contributed by atoms with Crippen LogP contribution in [0.1, 0.15) is 13.8 Å². The minimum absolute atomic E-state index is 0.0742. The Labute approximate surface area is 74.8 Å². The van der Waals surface area contributed by atoms with E-state index in [0.29, 0.717) is 10.2 Å². The molecule has 11 heavy (non-hydrogen) atoms. The second kappa shape index (κ2) is 5.02. The maximum absolute atomic E-state index is 10.9. The molecule has 0 aromatic heterocycles. The van der Waals surface area contributed by atoms with Crippen LogP contribution < -0.4 is 0 Å². The van der Waals surface area contributed by atoms with Gasteiger partial charge in [-0.15, -0.1) is 0 Å². The van der Waals surface area contributed by atoms with Crippen LogP contribution in [0.5, 0.6) is 0 Å². The lowest BCUT2D eigenvalue weighted by Gasteiger charge is -1.95. The lowest BCUT2D eigenvalue weighted by molar-refractivity contribution is -0.113. The van der Waals surface area contributed by atoms with E-state index in [4.69, 9.17) is 0 Å². The second-order valence-corrected chi connectivity index (χ2v) is 2.70. The lowest BCUT2D eigenvalue weighted by Crippen LogP contribution is -1.94. The van der Waals surface area contributed by atoms with Crippen LogP contribution in [0.25, 0.3) is 0 Å². The standard InChI is InChI=1S/C8H10BrNO/c1-4-7(9)8(6(3)11)10-5-2/h4-5H,1H2,2-3H3/b8-7+,10-5?. The molecule has 3 heteroatoms. The van der Waals surface area contributed by atoms with Crippen LogP contribution in [0.4, 0.5) is 0 Å². The van der Waals surface area contributed by atoms with E-state index in [2.05, 4.69) is 27.5 Å². The highest BCUT2D eigenvalue weighted by molar-refractivity contribution is 9.11. The van der Waals surface area contributed by atoms with Gasteiger partial charge in [-0.2, -0.15) is 0 Å². The van der Waals surface area contributed by atoms with Gasteiger partial charge in [-0.05, 0) is 22.9 Å². The molecule has 0 saturated carbocycles. The quantitative estimate of drug-likeness (QED) is 0.404. The Kier molecular flexibility index (Phi) is 4.70. The SMILES string of the molecule is C=C/C(Br)=C(\N=CC)C(C)=O. The molecule has 0 fully saturated rings. The number of hydrogen-bond acceptors (Lipinski definition) is 2. The van der Waals surface area contributed by atoms with Crippen molar-refractivity contribution >= 4 is 27.9 Å². The van der Waals surface area contributed by atoms with E-state index in [1.165, 1.54) is 6.92 Å². The molecule has 0 aliphatic heterocycles. The predicted octanol–water partition coefficient (Wildman–Crippen LogP) is 2.46. The van der Waals surface area contributed by atoms with Gasteiger partial charge in [-0.3, -0.25) is 9.79 Å². The molecule has 0 rings (SSSR count). The van der Waals surface area contributed by atoms with E-state index in [1.54, 1.807) is 19.2 Å². The van der Waals surface area contributed by atoms with Crippen LogP contribution in [0, 0.1) is 0 Å². The fraction of sp³-hybridized carbons (Fsp3) is 0.250. The van der Waals surface area contributed by atoms with Crippen LogP contribution in [-0.2, 0) is 4.79 Å². The summed E-state index contributed by atoms with van der Waals surface area (Å²) in [6.45, 7) is 6.74. The molecule has 0 aromatic rings. The zero-order chi connectivity index (χ0) is 8.85. The van der Waals surface area contributed by atoms with E-state index < -0.39 is 0 Å². The summed E-state index contributed by atoms with van der Waals surface area (Å²) in [5, 5.41) is 0. The smallest absolute Gasteiger partial charge is 0.179 e. The van der Waals surface area contributed by atoms with Gasteiger partial charge < -0.3 is 0 Å². The Bertz CT molecular complexity index is 228. The van der Waals surface area contributed by atoms with Gasteiger partial charge in [0.05, 0.1) is 0 Å². The highest BCUT2D eigenvalue weighted by Crippen LogP contribution is 2.14. The maximum atomic E-state index is 10.9. The van der Waals surface area contributed by atoms with Crippen molar-refractivity contribution in [3.63, 3.8) is 0 Å². The molecule has 0 N–H and O–H groups in total. The van der Waals surface area contributed by atoms with Crippen LogP contribution in [0.2, 0.25) is 0 Å². The summed E-state index contributed by atoms with van der Waals surface area (Å²) in [6.07, 6.45) is 3.12. The van der Waals surface area contributed by atoms with Gasteiger partial charge in [0, 0.05) is 17.6 Å². The highest BCUT2D eigenvalue weighted by atomic mass is 79.9. The average Bonchev–Trinajstić information content (AvgIpc) is 1.98. The van der Waals surface area contributed by atoms with Crippen molar-refractivity contribution < 1.29 is 4.79 Å². The largest absolute Gasteiger partial charge is 0.293 e. The average molecular weight is 216 g/mol. The summed E-state index contributed by atoms with van der Waals surface area (Å²) in [4.78, 5) is 14.8. The molecule has 0 aliphatic rings. The van der Waals surface area contributed by atoms with Crippen molar-refractivity contribution in [2.45, 2.75) is 13.8 Å². The third kappa shape index (κ3) is 3.28. The molecule has 0 bridgehead atoms. The number of carbonyl (C=O) groups excluding carboxylic acids is 1. The minimum Gasteiger partial charge on any atom is -0.293 e. The minimum atomic E-state index is -0.0742. The number of hydrogen-bond donors (Lipinski definition) is 0. The Morgan fingerprint density at radius 3 is 2.45 bits per heavy atom. The second-order valence-electron chi connectivity index (χ2n) is 1.84. The molecule has 0 heterocycles. The zero-order valence-corrected chi connectivity index (χ0v) is 8.18. The van der Waals surface area contributed by atoms with Gasteiger partial charge in [0.2, 0.25) is 0 Å². The topological polar surface area (TPSA) is 29.4 Å². The van der Waals surface area contributed by atoms with Crippen LogP contribution >= 0.6 is 15.9 Å². The first-order chi connectivity index (χ1) is 5.13. The number of allylic oxidation sites excluding steroid dienone is 3. The molecule has 0 amide bonds. The predicted molar refractivity (Wildman–Crippen MR) is 51.0 cm³/mol. The summed E-state index contributed by atoms with van der Waals surface area (Å²) in [5.74, 6) is -0.0742. The van der Waals surface area contributed by atoms with E-state index in [9.17, 15) is 4.79 Å². The zero-order valence-electron chi connectivity index (χ0n) is 6.60. The van der Waals surface area contributed by atoms with Crippen LogP contribution in [0.15, 0.2) is 27.8 Å². The van der Waals surface area contributed by atoms with E-state index in [0.717, 1.165) is 0 Å². The monoisotopic (exact) mass is 215 g/mol. The Morgan fingerprint density at radius 1 is 1.64 bits per heavy atom. The number of rotatable bonds is 3. The van der Waals surface area contributed by atoms with Gasteiger partial charge in [0.15, 0.2) is 5.78 Å². The Hall–Kier alpha value is -0.700. The summed E-state index contributed by atoms with van der Waals surface area (Å²) in [7, 11) is 0. The van der Waals surface area contributed by atoms with E-state index in [1.807, 2.05) is 0 Å². The molecule has 2 nitrogen and oxygen atoms in total. The number of ketones is 1. The Balaban J connectivity index is 4.87. The first-order valence-electron chi connectivity index (χ1n) is 3.15. The van der Waals surface area contributed by atoms with E-state index in [-0.39, 0.29) is 5.78 Å². The number of Topliss-reactive ketones (excluding diaryl/α,β-unsaturated/α-hetero) is 1. The summed E-state index contributed by atoms with van der Waals surface area (Å²) >= 11 is 3.17. The van der Waals surface area contributed by atoms with Gasteiger partial charge in [0.1, 0.15) is 5.70 Å². The van der Waals surface area contributed by atoms with Crippen molar-refractivity contribution in [2.75, 3.05) is 0 Å². The van der Waals surface area contributed by atoms with Crippen molar-refractivity contribution in [3.05, 3.63) is 22.8 Å². The number of aliphatic imine (C=N–C) groups is 1. The molecule has 0 unspecified atom stereocenters. The molecular weight excluding hydrogens is 206 g/mol. The maximum Gasteiger partial charge on any atom is 0.179 e. The van der Waals surface area contributed by atoms with Crippen molar-refractivity contribution in [1.29, 1.82) is 0 Å². The summed E-state index contributed by atoms with van der Waals surface area (Å²) in [6, 6.07) is 0. The highest BCUT2D eigenvalue weighted by Gasteiger charge is 2.03. The lowest BCUT2D eigenvalue weighted by atomic mass is 10.3. The fourth-order valence-corrected chi connectivity index (χ4v) is 0.928. The number of carbonyl (C=O) groups is 1. The molecule has 0 spiro atoms. The van der Waals surface area contributed by atoms with Crippen LogP contribution in [0.3, 0.4) is 0 Å². The first kappa shape index (κ1) is 10.3. The van der Waals surface area contributed by atoms with Crippen LogP contribution in [-0.4, -0.2) is 12.0 Å². The summed E-state index contributed by atoms with van der Waals surface area (Å²) < 4.78 is 0.628. The van der Waals surface area contributed by atoms with Gasteiger partial charge in [0.25, 0.3) is 0 Å². The summed E-state index contributed by atoms with van der Waals surface area (Å²) in [5.41, 5.74) is 0.405. The van der Waals surface area contributed by atoms with Gasteiger partial charge in [-0.25, -0.2) is 0 Å². The normalized spacial score (nSPS) is 13.0. The van der Waals surface area contributed by atoms with Crippen molar-refractivity contribution in [3.8, 4) is 0 Å². The third-order valence-corrected chi connectivity index (χ3v) is 1.70. The number of halogens is 1. The molecule has 0 atom stereocenters. The number of nitrogens with zero attached hydrogens (tertiary/aromatic N) is 1. The molecular formula is C8H10BrNO. The van der Waals surface area contributed by atoms with Crippen molar-refractivity contribution in [2.24, 2.45) is 4.99 Å². The van der Waals surface area contributed by atoms with Gasteiger partial charge >= 0.3 is 0 Å². The molecule has 60 valence electrons. The molecule has 0 aliphatic carbocycles. The molecule has 0 aromatic carbocycles. The van der Waals surface area contributed by atoms with Crippen molar-refractivity contribution in [1.82, 2.24) is 0 Å². The van der Waals surface area contributed by atoms with Gasteiger partial charge in [-0.1, -0.05) is 12.7 Å². The Morgan fingerprint density at radius 2 is 2.18 bits per heavy atom. The molecule has 0 saturated heterocycles. The first-order valence-corrected chi connectivity index (χ1v) is 3.94. The third-order valence-electron chi connectivity index (χ3n) is 0.997.